The molecule has 1 amide bonds. The van der Waals surface area contributed by atoms with Crippen molar-refractivity contribution in [3.05, 3.63) is 59.4 Å². The Kier molecular flexibility index (Phi) is 5.98. The molecule has 9 heteroatoms. The third-order valence-electron chi connectivity index (χ3n) is 4.35. The fourth-order valence-electron chi connectivity index (χ4n) is 2.89. The molecule has 0 atom stereocenters. The summed E-state index contributed by atoms with van der Waals surface area (Å²) >= 11 is 5.63. The third-order valence-corrected chi connectivity index (χ3v) is 6.02. The number of nitrogens with one attached hydrogen (secondary N) is 1. The summed E-state index contributed by atoms with van der Waals surface area (Å²) in [6.07, 6.45) is 0. The second kappa shape index (κ2) is 8.24. The van der Waals surface area contributed by atoms with Crippen LogP contribution in [0.3, 0.4) is 0 Å². The van der Waals surface area contributed by atoms with Crippen molar-refractivity contribution in [2.75, 3.05) is 37.6 Å². The molecule has 2 aromatic carbocycles. The number of hydrogen-bond donors (Lipinski definition) is 1. The Bertz CT molecular complexity index is 917. The van der Waals surface area contributed by atoms with E-state index in [0.29, 0.717) is 26.2 Å². The highest BCUT2D eigenvalue weighted by Gasteiger charge is 2.24. The zero-order chi connectivity index (χ0) is 19.4. The lowest BCUT2D eigenvalue weighted by atomic mass is 10.2. The molecule has 1 saturated heterocycles. The predicted octanol–water partition coefficient (Wildman–Crippen LogP) is 2.11. The molecule has 1 aliphatic heterocycles. The number of amides is 1. The molecular formula is C18H19ClFN3O3S. The van der Waals surface area contributed by atoms with Gasteiger partial charge in [0, 0.05) is 36.9 Å². The van der Waals surface area contributed by atoms with Gasteiger partial charge >= 0.3 is 0 Å². The number of nitrogens with zero attached hydrogens (tertiary/aromatic N) is 2. The number of para-hydroxylation sites is 1. The first-order chi connectivity index (χ1) is 12.9. The van der Waals surface area contributed by atoms with Crippen LogP contribution in [0, 0.1) is 5.82 Å². The molecule has 1 aliphatic rings. The van der Waals surface area contributed by atoms with Crippen molar-refractivity contribution >= 4 is 33.2 Å². The molecular weight excluding hydrogens is 393 g/mol. The summed E-state index contributed by atoms with van der Waals surface area (Å²) in [6.45, 7) is 1.88. The zero-order valence-corrected chi connectivity index (χ0v) is 16.0. The van der Waals surface area contributed by atoms with E-state index in [2.05, 4.69) is 9.62 Å². The summed E-state index contributed by atoms with van der Waals surface area (Å²) in [7, 11) is -4.14. The molecule has 1 heterocycles. The molecule has 0 aliphatic carbocycles. The van der Waals surface area contributed by atoms with E-state index in [-0.39, 0.29) is 10.9 Å². The van der Waals surface area contributed by atoms with Gasteiger partial charge in [0.2, 0.25) is 15.9 Å². The van der Waals surface area contributed by atoms with Gasteiger partial charge in [-0.2, -0.15) is 0 Å². The van der Waals surface area contributed by atoms with Crippen LogP contribution in [-0.2, 0) is 14.8 Å². The molecule has 144 valence electrons. The monoisotopic (exact) mass is 411 g/mol. The molecule has 0 spiro atoms. The van der Waals surface area contributed by atoms with Gasteiger partial charge in [0.15, 0.2) is 0 Å². The van der Waals surface area contributed by atoms with E-state index in [1.807, 2.05) is 30.3 Å². The second-order valence-electron chi connectivity index (χ2n) is 6.10. The Balaban J connectivity index is 1.55. The van der Waals surface area contributed by atoms with Crippen LogP contribution in [-0.4, -0.2) is 51.9 Å². The number of carbonyl (C=O) groups excluding carboxylic acids is 1. The number of carbonyl (C=O) groups is 1. The minimum atomic E-state index is -4.14. The highest BCUT2D eigenvalue weighted by atomic mass is 35.5. The van der Waals surface area contributed by atoms with Gasteiger partial charge in [-0.05, 0) is 30.3 Å². The van der Waals surface area contributed by atoms with Gasteiger partial charge in [-0.3, -0.25) is 4.79 Å². The van der Waals surface area contributed by atoms with E-state index in [9.17, 15) is 17.6 Å². The molecule has 2 aromatic rings. The fourth-order valence-corrected chi connectivity index (χ4v) is 4.08. The van der Waals surface area contributed by atoms with Crippen molar-refractivity contribution in [1.29, 1.82) is 0 Å². The summed E-state index contributed by atoms with van der Waals surface area (Å²) in [5.41, 5.74) is 1.09. The zero-order valence-electron chi connectivity index (χ0n) is 14.4. The number of halogens is 2. The average Bonchev–Trinajstić information content (AvgIpc) is 2.67. The van der Waals surface area contributed by atoms with Crippen LogP contribution < -0.4 is 9.62 Å². The maximum Gasteiger partial charge on any atom is 0.243 e. The molecule has 0 radical (unpaired) electrons. The van der Waals surface area contributed by atoms with Crippen molar-refractivity contribution in [2.45, 2.75) is 4.90 Å². The van der Waals surface area contributed by atoms with E-state index in [4.69, 9.17) is 11.6 Å². The van der Waals surface area contributed by atoms with Gasteiger partial charge in [-0.25, -0.2) is 17.5 Å². The topological polar surface area (TPSA) is 69.7 Å². The van der Waals surface area contributed by atoms with Crippen LogP contribution in [0.15, 0.2) is 53.4 Å². The van der Waals surface area contributed by atoms with Crippen molar-refractivity contribution in [3.8, 4) is 0 Å². The summed E-state index contributed by atoms with van der Waals surface area (Å²) in [5, 5.41) is 0.0961. The van der Waals surface area contributed by atoms with Crippen molar-refractivity contribution in [1.82, 2.24) is 9.62 Å². The molecule has 0 aromatic heterocycles. The first kappa shape index (κ1) is 19.6. The minimum absolute atomic E-state index is 0.0961. The smallest absolute Gasteiger partial charge is 0.243 e. The predicted molar refractivity (Wildman–Crippen MR) is 102 cm³/mol. The van der Waals surface area contributed by atoms with Crippen LogP contribution in [0.25, 0.3) is 0 Å². The largest absolute Gasteiger partial charge is 0.368 e. The highest BCUT2D eigenvalue weighted by molar-refractivity contribution is 7.89. The molecule has 3 rings (SSSR count). The van der Waals surface area contributed by atoms with E-state index < -0.39 is 27.3 Å². The van der Waals surface area contributed by atoms with Crippen molar-refractivity contribution in [3.63, 3.8) is 0 Å². The second-order valence-corrected chi connectivity index (χ2v) is 8.27. The van der Waals surface area contributed by atoms with E-state index in [1.54, 1.807) is 4.90 Å². The lowest BCUT2D eigenvalue weighted by molar-refractivity contribution is -0.130. The number of piperazine rings is 1. The maximum absolute atomic E-state index is 13.8. The van der Waals surface area contributed by atoms with Crippen LogP contribution in [0.1, 0.15) is 0 Å². The fraction of sp³-hybridized carbons (Fsp3) is 0.278. The van der Waals surface area contributed by atoms with Gasteiger partial charge in [0.25, 0.3) is 0 Å². The number of rotatable bonds is 5. The lowest BCUT2D eigenvalue weighted by Crippen LogP contribution is -2.51. The molecule has 0 bridgehead atoms. The summed E-state index contributed by atoms with van der Waals surface area (Å²) in [5.74, 6) is -1.31. The van der Waals surface area contributed by atoms with Gasteiger partial charge in [0.1, 0.15) is 10.7 Å². The lowest BCUT2D eigenvalue weighted by Gasteiger charge is -2.36. The Morgan fingerprint density at radius 1 is 1.07 bits per heavy atom. The van der Waals surface area contributed by atoms with Crippen molar-refractivity contribution < 1.29 is 17.6 Å². The molecule has 1 fully saturated rings. The third kappa shape index (κ3) is 4.77. The molecule has 27 heavy (non-hydrogen) atoms. The van der Waals surface area contributed by atoms with Gasteiger partial charge < -0.3 is 9.80 Å². The molecule has 0 unspecified atom stereocenters. The Morgan fingerprint density at radius 3 is 2.37 bits per heavy atom. The molecule has 6 nitrogen and oxygen atoms in total. The summed E-state index contributed by atoms with van der Waals surface area (Å²) in [6, 6.07) is 13.1. The first-order valence-corrected chi connectivity index (χ1v) is 10.3. The first-order valence-electron chi connectivity index (χ1n) is 8.39. The van der Waals surface area contributed by atoms with Gasteiger partial charge in [-0.1, -0.05) is 29.8 Å². The standard InChI is InChI=1S/C18H19ClFN3O3S/c19-14-6-7-17(16(20)12-14)27(25,26)21-13-18(24)23-10-8-22(9-11-23)15-4-2-1-3-5-15/h1-7,12,21H,8-11,13H2. The van der Waals surface area contributed by atoms with E-state index in [1.165, 1.54) is 6.07 Å². The van der Waals surface area contributed by atoms with Gasteiger partial charge in [-0.15, -0.1) is 0 Å². The average molecular weight is 412 g/mol. The summed E-state index contributed by atoms with van der Waals surface area (Å²) in [4.78, 5) is 15.6. The van der Waals surface area contributed by atoms with Crippen LogP contribution in [0.5, 0.6) is 0 Å². The van der Waals surface area contributed by atoms with Crippen LogP contribution in [0.4, 0.5) is 10.1 Å². The van der Waals surface area contributed by atoms with E-state index in [0.717, 1.165) is 17.8 Å². The van der Waals surface area contributed by atoms with E-state index >= 15 is 0 Å². The SMILES string of the molecule is O=C(CNS(=O)(=O)c1ccc(Cl)cc1F)N1CCN(c2ccccc2)CC1. The molecule has 0 saturated carbocycles. The molecule has 1 N–H and O–H groups in total. The number of anilines is 1. The van der Waals surface area contributed by atoms with Crippen LogP contribution in [0.2, 0.25) is 5.02 Å². The number of benzene rings is 2. The van der Waals surface area contributed by atoms with Crippen molar-refractivity contribution in [2.24, 2.45) is 0 Å². The summed E-state index contributed by atoms with van der Waals surface area (Å²) < 4.78 is 40.4. The normalized spacial score (nSPS) is 15.0. The minimum Gasteiger partial charge on any atom is -0.368 e. The quantitative estimate of drug-likeness (QED) is 0.818. The van der Waals surface area contributed by atoms with Gasteiger partial charge in [0.05, 0.1) is 6.54 Å². The highest BCUT2D eigenvalue weighted by Crippen LogP contribution is 2.19. The Morgan fingerprint density at radius 2 is 1.74 bits per heavy atom. The van der Waals surface area contributed by atoms with Crippen LogP contribution >= 0.6 is 11.6 Å². The Hall–Kier alpha value is -2.16. The number of sulfonamides is 1. The maximum atomic E-state index is 13.8. The number of hydrogen-bond acceptors (Lipinski definition) is 4. The Labute approximate surface area is 162 Å².